The van der Waals surface area contributed by atoms with E-state index in [-0.39, 0.29) is 6.61 Å². The van der Waals surface area contributed by atoms with Crippen molar-refractivity contribution in [3.8, 4) is 5.75 Å². The van der Waals surface area contributed by atoms with E-state index in [0.717, 1.165) is 36.5 Å². The Balaban J connectivity index is 1.49. The van der Waals surface area contributed by atoms with Crippen LogP contribution < -0.4 is 10.1 Å². The highest BCUT2D eigenvalue weighted by Crippen LogP contribution is 2.20. The third kappa shape index (κ3) is 4.53. The number of piperidine rings is 1. The molecular formula is C17H24N4O2. The van der Waals surface area contributed by atoms with Crippen molar-refractivity contribution >= 4 is 0 Å². The second-order valence-corrected chi connectivity index (χ2v) is 6.19. The number of aryl methyl sites for hydroxylation is 1. The van der Waals surface area contributed by atoms with E-state index in [1.807, 2.05) is 37.4 Å². The van der Waals surface area contributed by atoms with E-state index in [1.54, 1.807) is 4.68 Å². The van der Waals surface area contributed by atoms with Gasteiger partial charge < -0.3 is 15.2 Å². The largest absolute Gasteiger partial charge is 0.491 e. The maximum atomic E-state index is 10.1. The summed E-state index contributed by atoms with van der Waals surface area (Å²) >= 11 is 0. The lowest BCUT2D eigenvalue weighted by Gasteiger charge is -2.20. The minimum Gasteiger partial charge on any atom is -0.491 e. The Kier molecular flexibility index (Phi) is 5.25. The van der Waals surface area contributed by atoms with Crippen molar-refractivity contribution in [3.63, 3.8) is 0 Å². The van der Waals surface area contributed by atoms with E-state index in [9.17, 15) is 5.11 Å². The van der Waals surface area contributed by atoms with Crippen LogP contribution in [0.25, 0.3) is 0 Å². The molecule has 1 aromatic heterocycles. The molecule has 0 bridgehead atoms. The van der Waals surface area contributed by atoms with Crippen LogP contribution in [0.3, 0.4) is 0 Å². The van der Waals surface area contributed by atoms with Crippen LogP contribution in [-0.4, -0.2) is 45.9 Å². The van der Waals surface area contributed by atoms with Crippen LogP contribution in [0.1, 0.15) is 30.0 Å². The molecule has 2 atom stereocenters. The molecule has 2 heterocycles. The van der Waals surface area contributed by atoms with E-state index in [0.29, 0.717) is 12.5 Å². The van der Waals surface area contributed by atoms with Gasteiger partial charge in [0.15, 0.2) is 0 Å². The van der Waals surface area contributed by atoms with Crippen molar-refractivity contribution in [3.05, 3.63) is 41.7 Å². The zero-order valence-electron chi connectivity index (χ0n) is 13.5. The Morgan fingerprint density at radius 2 is 2.39 bits per heavy atom. The molecule has 2 aromatic rings. The average Bonchev–Trinajstić information content (AvgIpc) is 3.02. The summed E-state index contributed by atoms with van der Waals surface area (Å²) in [5, 5.41) is 21.9. The molecule has 1 saturated heterocycles. The number of nitrogens with zero attached hydrogens (tertiary/aromatic N) is 3. The van der Waals surface area contributed by atoms with E-state index in [4.69, 9.17) is 4.74 Å². The minimum atomic E-state index is -0.616. The summed E-state index contributed by atoms with van der Waals surface area (Å²) in [4.78, 5) is 0. The van der Waals surface area contributed by atoms with Gasteiger partial charge >= 0.3 is 0 Å². The Morgan fingerprint density at radius 3 is 3.17 bits per heavy atom. The molecule has 0 aliphatic carbocycles. The van der Waals surface area contributed by atoms with Gasteiger partial charge in [0.2, 0.25) is 0 Å². The standard InChI is InChI=1S/C17H24N4O2/c1-13-4-2-6-16(8-13)23-12-15(22)10-21-11-17(19-20-21)14-5-3-7-18-9-14/h2,4,6,8,11,14-15,18,22H,3,5,7,9-10,12H2,1H3. The minimum absolute atomic E-state index is 0.240. The fraction of sp³-hybridized carbons (Fsp3) is 0.529. The summed E-state index contributed by atoms with van der Waals surface area (Å²) in [5.74, 6) is 1.20. The van der Waals surface area contributed by atoms with E-state index in [1.165, 1.54) is 6.42 Å². The van der Waals surface area contributed by atoms with Gasteiger partial charge in [0.25, 0.3) is 0 Å². The smallest absolute Gasteiger partial charge is 0.119 e. The molecular weight excluding hydrogens is 292 g/mol. The lowest BCUT2D eigenvalue weighted by atomic mass is 9.97. The van der Waals surface area contributed by atoms with Crippen LogP contribution in [0.2, 0.25) is 0 Å². The summed E-state index contributed by atoms with van der Waals surface area (Å²) in [5.41, 5.74) is 2.14. The molecule has 1 aromatic carbocycles. The predicted molar refractivity (Wildman–Crippen MR) is 87.5 cm³/mol. The summed E-state index contributed by atoms with van der Waals surface area (Å²) < 4.78 is 7.33. The zero-order chi connectivity index (χ0) is 16.1. The number of hydrogen-bond acceptors (Lipinski definition) is 5. The van der Waals surface area contributed by atoms with Gasteiger partial charge in [0.1, 0.15) is 18.5 Å². The highest BCUT2D eigenvalue weighted by molar-refractivity contribution is 5.27. The van der Waals surface area contributed by atoms with Gasteiger partial charge in [-0.1, -0.05) is 17.3 Å². The molecule has 1 fully saturated rings. The van der Waals surface area contributed by atoms with Crippen molar-refractivity contribution in [2.45, 2.75) is 38.3 Å². The lowest BCUT2D eigenvalue weighted by Crippen LogP contribution is -2.28. The molecule has 3 rings (SSSR count). The summed E-state index contributed by atoms with van der Waals surface area (Å²) in [6.45, 7) is 4.68. The maximum absolute atomic E-state index is 10.1. The molecule has 1 aliphatic heterocycles. The summed E-state index contributed by atoms with van der Waals surface area (Å²) in [7, 11) is 0. The predicted octanol–water partition coefficient (Wildman–Crippen LogP) is 1.49. The van der Waals surface area contributed by atoms with Gasteiger partial charge in [-0.2, -0.15) is 0 Å². The first-order valence-electron chi connectivity index (χ1n) is 8.19. The molecule has 2 unspecified atom stereocenters. The number of nitrogens with one attached hydrogen (secondary N) is 1. The molecule has 124 valence electrons. The topological polar surface area (TPSA) is 72.2 Å². The Labute approximate surface area is 136 Å². The van der Waals surface area contributed by atoms with Crippen molar-refractivity contribution in [1.29, 1.82) is 0 Å². The fourth-order valence-electron chi connectivity index (χ4n) is 2.86. The Morgan fingerprint density at radius 1 is 1.48 bits per heavy atom. The average molecular weight is 316 g/mol. The number of aliphatic hydroxyl groups excluding tert-OH is 1. The van der Waals surface area contributed by atoms with Crippen molar-refractivity contribution < 1.29 is 9.84 Å². The Hall–Kier alpha value is -1.92. The molecule has 6 nitrogen and oxygen atoms in total. The van der Waals surface area contributed by atoms with Gasteiger partial charge in [-0.25, -0.2) is 4.68 Å². The number of ether oxygens (including phenoxy) is 1. The first-order chi connectivity index (χ1) is 11.2. The third-order valence-corrected chi connectivity index (χ3v) is 4.10. The number of aliphatic hydroxyl groups is 1. The molecule has 23 heavy (non-hydrogen) atoms. The summed E-state index contributed by atoms with van der Waals surface area (Å²) in [6, 6.07) is 7.80. The van der Waals surface area contributed by atoms with Crippen molar-refractivity contribution in [2.24, 2.45) is 0 Å². The fourth-order valence-corrected chi connectivity index (χ4v) is 2.86. The first kappa shape index (κ1) is 16.0. The van der Waals surface area contributed by atoms with Crippen LogP contribution in [0.15, 0.2) is 30.5 Å². The second-order valence-electron chi connectivity index (χ2n) is 6.19. The third-order valence-electron chi connectivity index (χ3n) is 4.10. The number of rotatable bonds is 6. The number of hydrogen-bond donors (Lipinski definition) is 2. The molecule has 0 radical (unpaired) electrons. The van der Waals surface area contributed by atoms with Gasteiger partial charge in [-0.05, 0) is 44.0 Å². The van der Waals surface area contributed by atoms with Crippen LogP contribution in [0, 0.1) is 6.92 Å². The van der Waals surface area contributed by atoms with E-state index < -0.39 is 6.10 Å². The van der Waals surface area contributed by atoms with E-state index in [2.05, 4.69) is 15.6 Å². The van der Waals surface area contributed by atoms with Crippen LogP contribution >= 0.6 is 0 Å². The second kappa shape index (κ2) is 7.57. The van der Waals surface area contributed by atoms with Crippen LogP contribution in [0.4, 0.5) is 0 Å². The highest BCUT2D eigenvalue weighted by atomic mass is 16.5. The molecule has 2 N–H and O–H groups in total. The van der Waals surface area contributed by atoms with Crippen molar-refractivity contribution in [2.75, 3.05) is 19.7 Å². The summed E-state index contributed by atoms with van der Waals surface area (Å²) in [6.07, 6.45) is 3.64. The molecule has 1 aliphatic rings. The number of aromatic nitrogens is 3. The van der Waals surface area contributed by atoms with Gasteiger partial charge in [-0.15, -0.1) is 5.10 Å². The maximum Gasteiger partial charge on any atom is 0.119 e. The SMILES string of the molecule is Cc1cccc(OCC(O)Cn2cc(C3CCCNC3)nn2)c1. The molecule has 0 saturated carbocycles. The normalized spacial score (nSPS) is 19.5. The van der Waals surface area contributed by atoms with E-state index >= 15 is 0 Å². The van der Waals surface area contributed by atoms with Gasteiger partial charge in [-0.3, -0.25) is 0 Å². The first-order valence-corrected chi connectivity index (χ1v) is 8.19. The quantitative estimate of drug-likeness (QED) is 0.845. The Bertz CT molecular complexity index is 623. The number of benzene rings is 1. The molecule has 0 spiro atoms. The molecule has 6 heteroatoms. The van der Waals surface area contributed by atoms with Crippen LogP contribution in [0.5, 0.6) is 5.75 Å². The lowest BCUT2D eigenvalue weighted by molar-refractivity contribution is 0.0888. The van der Waals surface area contributed by atoms with Gasteiger partial charge in [0, 0.05) is 18.7 Å². The zero-order valence-corrected chi connectivity index (χ0v) is 13.5. The highest BCUT2D eigenvalue weighted by Gasteiger charge is 2.18. The van der Waals surface area contributed by atoms with Crippen molar-refractivity contribution in [1.82, 2.24) is 20.3 Å². The monoisotopic (exact) mass is 316 g/mol. The van der Waals surface area contributed by atoms with Crippen LogP contribution in [-0.2, 0) is 6.54 Å². The van der Waals surface area contributed by atoms with Gasteiger partial charge in [0.05, 0.1) is 12.2 Å². The molecule has 0 amide bonds.